The fraction of sp³-hybridized carbons (Fsp3) is 0.250. The Morgan fingerprint density at radius 3 is 2.70 bits per heavy atom. The van der Waals surface area contributed by atoms with Crippen LogP contribution < -0.4 is 10.5 Å². The normalized spacial score (nSPS) is 12.5. The number of aromatic nitrogens is 4. The van der Waals surface area contributed by atoms with E-state index in [2.05, 4.69) is 15.1 Å². The minimum atomic E-state index is -0.555. The molecular weight excluding hydrogens is 424 g/mol. The Labute approximate surface area is 188 Å². The first-order valence-corrected chi connectivity index (χ1v) is 10.4. The molecule has 1 aromatic carbocycles. The summed E-state index contributed by atoms with van der Waals surface area (Å²) < 4.78 is 18.2. The number of benzene rings is 1. The van der Waals surface area contributed by atoms with Gasteiger partial charge in [-0.15, -0.1) is 0 Å². The number of hydrogen-bond acceptors (Lipinski definition) is 8. The molecule has 9 nitrogen and oxygen atoms in total. The van der Waals surface area contributed by atoms with Crippen molar-refractivity contribution in [3.63, 3.8) is 0 Å². The molecule has 9 heteroatoms. The molecule has 0 aliphatic heterocycles. The number of oxazole rings is 1. The summed E-state index contributed by atoms with van der Waals surface area (Å²) in [6.07, 6.45) is 1.68. The molecular formula is C24H22N4O5. The number of aryl methyl sites for hydroxylation is 2. The summed E-state index contributed by atoms with van der Waals surface area (Å²) >= 11 is 0. The van der Waals surface area contributed by atoms with Crippen molar-refractivity contribution in [3.8, 4) is 16.9 Å². The number of hydrogen-bond donors (Lipinski definition) is 1. The van der Waals surface area contributed by atoms with Crippen molar-refractivity contribution in [2.45, 2.75) is 33.4 Å². The number of methoxy groups -OCH3 is 1. The zero-order valence-electron chi connectivity index (χ0n) is 18.6. The number of aliphatic hydroxyl groups is 1. The summed E-state index contributed by atoms with van der Waals surface area (Å²) in [5.41, 5.74) is 4.61. The maximum absolute atomic E-state index is 13.0. The maximum atomic E-state index is 13.0. The third-order valence-corrected chi connectivity index (χ3v) is 5.89. The van der Waals surface area contributed by atoms with Crippen LogP contribution in [0.15, 0.2) is 50.3 Å². The van der Waals surface area contributed by atoms with Gasteiger partial charge >= 0.3 is 5.76 Å². The number of fused-ring (bicyclic) bond motifs is 3. The summed E-state index contributed by atoms with van der Waals surface area (Å²) in [6, 6.07) is 8.80. The van der Waals surface area contributed by atoms with Gasteiger partial charge in [0.1, 0.15) is 22.7 Å². The van der Waals surface area contributed by atoms with Gasteiger partial charge in [0.25, 0.3) is 0 Å². The average Bonchev–Trinajstić information content (AvgIpc) is 3.35. The van der Waals surface area contributed by atoms with Gasteiger partial charge in [-0.05, 0) is 45.0 Å². The van der Waals surface area contributed by atoms with E-state index in [-0.39, 0.29) is 17.9 Å². The molecule has 4 aromatic heterocycles. The molecule has 1 N–H and O–H groups in total. The number of aliphatic hydroxyl groups excluding tert-OH is 1. The van der Waals surface area contributed by atoms with E-state index >= 15 is 0 Å². The van der Waals surface area contributed by atoms with Crippen LogP contribution in [0.5, 0.6) is 5.75 Å². The smallest absolute Gasteiger partial charge is 0.420 e. The summed E-state index contributed by atoms with van der Waals surface area (Å²) in [7, 11) is 1.58. The van der Waals surface area contributed by atoms with E-state index in [1.54, 1.807) is 13.3 Å². The molecule has 0 saturated carbocycles. The molecule has 5 aromatic rings. The van der Waals surface area contributed by atoms with Crippen LogP contribution in [0.25, 0.3) is 33.1 Å². The lowest BCUT2D eigenvalue weighted by atomic mass is 10.00. The first-order chi connectivity index (χ1) is 15.9. The van der Waals surface area contributed by atoms with Crippen molar-refractivity contribution in [2.24, 2.45) is 0 Å². The number of rotatable bonds is 5. The van der Waals surface area contributed by atoms with Gasteiger partial charge in [0.05, 0.1) is 42.2 Å². The van der Waals surface area contributed by atoms with Crippen molar-refractivity contribution in [1.82, 2.24) is 19.7 Å². The third kappa shape index (κ3) is 3.20. The molecule has 0 saturated heterocycles. The van der Waals surface area contributed by atoms with Crippen LogP contribution in [0.2, 0.25) is 0 Å². The second-order valence-electron chi connectivity index (χ2n) is 7.83. The van der Waals surface area contributed by atoms with E-state index in [4.69, 9.17) is 13.7 Å². The van der Waals surface area contributed by atoms with Gasteiger partial charge in [0, 0.05) is 17.1 Å². The molecule has 0 amide bonds. The van der Waals surface area contributed by atoms with Gasteiger partial charge in [0.15, 0.2) is 5.58 Å². The lowest BCUT2D eigenvalue weighted by molar-refractivity contribution is 0.277. The standard InChI is InChI=1S/C24H22N4O5/c1-12-21(14(3)33-27-12)16-9-18-15(10-20(16)31-4)22-23(19(11-29)26-18)32-24(30)28(22)13(2)17-7-5-6-8-25-17/h5-10,13,29H,11H2,1-4H3/t13-/m1/s1. The number of ether oxygens (including phenoxy) is 1. The van der Waals surface area contributed by atoms with Crippen molar-refractivity contribution >= 4 is 22.0 Å². The van der Waals surface area contributed by atoms with Crippen LogP contribution in [-0.2, 0) is 6.61 Å². The van der Waals surface area contributed by atoms with Gasteiger partial charge in [-0.1, -0.05) is 11.2 Å². The average molecular weight is 446 g/mol. The lowest BCUT2D eigenvalue weighted by Crippen LogP contribution is -2.20. The maximum Gasteiger partial charge on any atom is 0.420 e. The van der Waals surface area contributed by atoms with E-state index in [9.17, 15) is 9.90 Å². The van der Waals surface area contributed by atoms with Crippen molar-refractivity contribution in [3.05, 3.63) is 69.9 Å². The highest BCUT2D eigenvalue weighted by molar-refractivity contribution is 6.05. The molecule has 0 spiro atoms. The van der Waals surface area contributed by atoms with Gasteiger partial charge in [-0.25, -0.2) is 9.78 Å². The van der Waals surface area contributed by atoms with Crippen molar-refractivity contribution in [2.75, 3.05) is 7.11 Å². The molecule has 1 atom stereocenters. The Balaban J connectivity index is 1.88. The van der Waals surface area contributed by atoms with E-state index in [1.165, 1.54) is 4.57 Å². The second kappa shape index (κ2) is 7.86. The third-order valence-electron chi connectivity index (χ3n) is 5.89. The monoisotopic (exact) mass is 446 g/mol. The Hall–Kier alpha value is -3.98. The highest BCUT2D eigenvalue weighted by Gasteiger charge is 2.25. The minimum absolute atomic E-state index is 0.241. The van der Waals surface area contributed by atoms with E-state index in [1.807, 2.05) is 51.1 Å². The highest BCUT2D eigenvalue weighted by atomic mass is 16.5. The van der Waals surface area contributed by atoms with Gasteiger partial charge in [0.2, 0.25) is 0 Å². The second-order valence-corrected chi connectivity index (χ2v) is 7.83. The molecule has 0 fully saturated rings. The first kappa shape index (κ1) is 20.9. The first-order valence-electron chi connectivity index (χ1n) is 10.4. The van der Waals surface area contributed by atoms with Gasteiger partial charge < -0.3 is 18.8 Å². The van der Waals surface area contributed by atoms with E-state index < -0.39 is 11.8 Å². The Kier molecular flexibility index (Phi) is 4.98. The van der Waals surface area contributed by atoms with E-state index in [0.717, 1.165) is 16.8 Å². The fourth-order valence-corrected chi connectivity index (χ4v) is 4.33. The predicted molar refractivity (Wildman–Crippen MR) is 121 cm³/mol. The van der Waals surface area contributed by atoms with Crippen LogP contribution in [0.4, 0.5) is 0 Å². The molecule has 168 valence electrons. The molecule has 4 heterocycles. The van der Waals surface area contributed by atoms with Crippen molar-refractivity contribution < 1.29 is 18.8 Å². The van der Waals surface area contributed by atoms with Crippen LogP contribution in [0, 0.1) is 13.8 Å². The minimum Gasteiger partial charge on any atom is -0.496 e. The largest absolute Gasteiger partial charge is 0.496 e. The summed E-state index contributed by atoms with van der Waals surface area (Å²) in [5.74, 6) is 0.668. The fourth-order valence-electron chi connectivity index (χ4n) is 4.33. The zero-order chi connectivity index (χ0) is 23.3. The Morgan fingerprint density at radius 2 is 2.06 bits per heavy atom. The topological polar surface area (TPSA) is 116 Å². The summed E-state index contributed by atoms with van der Waals surface area (Å²) in [4.78, 5) is 22.0. The zero-order valence-corrected chi connectivity index (χ0v) is 18.6. The molecule has 5 rings (SSSR count). The molecule has 0 radical (unpaired) electrons. The number of nitrogens with zero attached hydrogens (tertiary/aromatic N) is 4. The quantitative estimate of drug-likeness (QED) is 0.432. The summed E-state index contributed by atoms with van der Waals surface area (Å²) in [6.45, 7) is 5.17. The van der Waals surface area contributed by atoms with Gasteiger partial charge in [-0.3, -0.25) is 9.55 Å². The van der Waals surface area contributed by atoms with Crippen LogP contribution in [0.1, 0.15) is 35.8 Å². The molecule has 0 aliphatic rings. The summed E-state index contributed by atoms with van der Waals surface area (Å²) in [5, 5.41) is 14.7. The molecule has 0 bridgehead atoms. The van der Waals surface area contributed by atoms with Crippen LogP contribution >= 0.6 is 0 Å². The predicted octanol–water partition coefficient (Wildman–Crippen LogP) is 3.92. The lowest BCUT2D eigenvalue weighted by Gasteiger charge is -2.15. The Morgan fingerprint density at radius 1 is 1.24 bits per heavy atom. The van der Waals surface area contributed by atoms with E-state index in [0.29, 0.717) is 33.6 Å². The van der Waals surface area contributed by atoms with Crippen molar-refractivity contribution in [1.29, 1.82) is 0 Å². The molecule has 0 aliphatic carbocycles. The van der Waals surface area contributed by atoms with Gasteiger partial charge in [-0.2, -0.15) is 0 Å². The molecule has 0 unspecified atom stereocenters. The SMILES string of the molecule is COc1cc2c(cc1-c1c(C)noc1C)nc(CO)c1oc(=O)n([C@H](C)c3ccccn3)c12. The molecule has 33 heavy (non-hydrogen) atoms. The van der Waals surface area contributed by atoms with Crippen LogP contribution in [0.3, 0.4) is 0 Å². The van der Waals surface area contributed by atoms with Crippen LogP contribution in [-0.4, -0.2) is 31.9 Å². The number of pyridine rings is 2. The highest BCUT2D eigenvalue weighted by Crippen LogP contribution is 2.40. The Bertz CT molecular complexity index is 1530.